The number of carbonyl (C=O) groups is 3. The molecule has 7 nitrogen and oxygen atoms in total. The number of nitrogens with one attached hydrogen (secondary N) is 2. The molecule has 1 aromatic rings. The third-order valence-corrected chi connectivity index (χ3v) is 3.23. The van der Waals surface area contributed by atoms with Crippen LogP contribution in [-0.2, 0) is 14.3 Å². The number of hydrogen-bond donors (Lipinski definition) is 2. The van der Waals surface area contributed by atoms with E-state index in [0.717, 1.165) is 0 Å². The highest BCUT2D eigenvalue weighted by molar-refractivity contribution is 7.98. The molecule has 0 spiro atoms. The Bertz CT molecular complexity index is 475. The van der Waals surface area contributed by atoms with Gasteiger partial charge in [-0.3, -0.25) is 9.59 Å². The fraction of sp³-hybridized carbons (Fsp3) is 0.462. The van der Waals surface area contributed by atoms with Crippen molar-refractivity contribution < 1.29 is 23.5 Å². The van der Waals surface area contributed by atoms with Crippen molar-refractivity contribution in [3.63, 3.8) is 0 Å². The molecule has 21 heavy (non-hydrogen) atoms. The summed E-state index contributed by atoms with van der Waals surface area (Å²) in [4.78, 5) is 34.8. The molecular formula is C13H18N2O5S. The van der Waals surface area contributed by atoms with E-state index < -0.39 is 23.8 Å². The van der Waals surface area contributed by atoms with Gasteiger partial charge in [0.05, 0.1) is 19.9 Å². The third kappa shape index (κ3) is 5.90. The van der Waals surface area contributed by atoms with E-state index in [1.54, 1.807) is 17.8 Å². The van der Waals surface area contributed by atoms with Gasteiger partial charge in [-0.1, -0.05) is 0 Å². The van der Waals surface area contributed by atoms with Crippen LogP contribution in [0.1, 0.15) is 17.0 Å². The predicted molar refractivity (Wildman–Crippen MR) is 78.0 cm³/mol. The summed E-state index contributed by atoms with van der Waals surface area (Å²) in [6.45, 7) is -0.244. The lowest BCUT2D eigenvalue weighted by Gasteiger charge is -2.16. The molecule has 0 radical (unpaired) electrons. The molecule has 0 saturated heterocycles. The first-order chi connectivity index (χ1) is 10.1. The van der Waals surface area contributed by atoms with E-state index in [9.17, 15) is 14.4 Å². The second-order valence-electron chi connectivity index (χ2n) is 4.08. The number of ether oxygens (including phenoxy) is 1. The fourth-order valence-electron chi connectivity index (χ4n) is 1.53. The van der Waals surface area contributed by atoms with Gasteiger partial charge in [0.15, 0.2) is 5.76 Å². The summed E-state index contributed by atoms with van der Waals surface area (Å²) in [5.74, 6) is -0.636. The molecular weight excluding hydrogens is 296 g/mol. The Morgan fingerprint density at radius 2 is 2.19 bits per heavy atom. The van der Waals surface area contributed by atoms with Crippen molar-refractivity contribution in [3.05, 3.63) is 24.2 Å². The standard InChI is InChI=1S/C13H18N2O5S/c1-19-13(18)9(5-7-21-2)15-11(16)8-14-12(17)10-4-3-6-20-10/h3-4,6,9H,5,7-8H2,1-2H3,(H,14,17)(H,15,16)/t9-/m0/s1. The summed E-state index contributed by atoms with van der Waals surface area (Å²) >= 11 is 1.56. The highest BCUT2D eigenvalue weighted by Crippen LogP contribution is 2.02. The number of thioether (sulfide) groups is 1. The van der Waals surface area contributed by atoms with Crippen LogP contribution < -0.4 is 10.6 Å². The second kappa shape index (κ2) is 9.06. The average Bonchev–Trinajstić information content (AvgIpc) is 3.02. The number of esters is 1. The molecule has 0 aliphatic heterocycles. The van der Waals surface area contributed by atoms with E-state index in [1.807, 2.05) is 6.26 Å². The van der Waals surface area contributed by atoms with Crippen LogP contribution in [-0.4, -0.2) is 49.5 Å². The van der Waals surface area contributed by atoms with Crippen molar-refractivity contribution >= 4 is 29.5 Å². The highest BCUT2D eigenvalue weighted by atomic mass is 32.2. The largest absolute Gasteiger partial charge is 0.467 e. The molecule has 1 aromatic heterocycles. The van der Waals surface area contributed by atoms with Gasteiger partial charge >= 0.3 is 5.97 Å². The zero-order chi connectivity index (χ0) is 15.7. The Morgan fingerprint density at radius 1 is 1.43 bits per heavy atom. The van der Waals surface area contributed by atoms with E-state index in [2.05, 4.69) is 15.4 Å². The molecule has 0 fully saturated rings. The second-order valence-corrected chi connectivity index (χ2v) is 5.07. The van der Waals surface area contributed by atoms with Crippen LogP contribution >= 0.6 is 11.8 Å². The lowest BCUT2D eigenvalue weighted by molar-refractivity contribution is -0.145. The summed E-state index contributed by atoms with van der Waals surface area (Å²) < 4.78 is 9.53. The van der Waals surface area contributed by atoms with Gasteiger partial charge in [0.2, 0.25) is 5.91 Å². The molecule has 2 N–H and O–H groups in total. The van der Waals surface area contributed by atoms with E-state index in [-0.39, 0.29) is 12.3 Å². The zero-order valence-electron chi connectivity index (χ0n) is 11.9. The molecule has 1 rings (SSSR count). The van der Waals surface area contributed by atoms with E-state index in [1.165, 1.54) is 19.4 Å². The maximum Gasteiger partial charge on any atom is 0.328 e. The summed E-state index contributed by atoms with van der Waals surface area (Å²) in [7, 11) is 1.26. The normalized spacial score (nSPS) is 11.5. The quantitative estimate of drug-likeness (QED) is 0.675. The fourth-order valence-corrected chi connectivity index (χ4v) is 2.00. The van der Waals surface area contributed by atoms with Gasteiger partial charge in [-0.25, -0.2) is 4.79 Å². The van der Waals surface area contributed by atoms with E-state index in [4.69, 9.17) is 4.42 Å². The van der Waals surface area contributed by atoms with Gasteiger partial charge < -0.3 is 19.8 Å². The van der Waals surface area contributed by atoms with E-state index >= 15 is 0 Å². The minimum absolute atomic E-state index is 0.120. The van der Waals surface area contributed by atoms with Crippen LogP contribution in [0, 0.1) is 0 Å². The van der Waals surface area contributed by atoms with Gasteiger partial charge in [-0.2, -0.15) is 11.8 Å². The van der Waals surface area contributed by atoms with Crippen LogP contribution in [0.25, 0.3) is 0 Å². The molecule has 0 saturated carbocycles. The summed E-state index contributed by atoms with van der Waals surface area (Å²) in [5, 5.41) is 4.93. The smallest absolute Gasteiger partial charge is 0.328 e. The monoisotopic (exact) mass is 314 g/mol. The lowest BCUT2D eigenvalue weighted by atomic mass is 10.2. The number of hydrogen-bond acceptors (Lipinski definition) is 6. The molecule has 1 heterocycles. The Balaban J connectivity index is 2.42. The average molecular weight is 314 g/mol. The number of amides is 2. The summed E-state index contributed by atoms with van der Waals surface area (Å²) in [6.07, 6.45) is 3.73. The number of rotatable bonds is 8. The maximum absolute atomic E-state index is 11.7. The molecule has 0 aliphatic rings. The SMILES string of the molecule is COC(=O)[C@H](CCSC)NC(=O)CNC(=O)c1ccco1. The maximum atomic E-state index is 11.7. The van der Waals surface area contributed by atoms with Gasteiger partial charge in [-0.05, 0) is 30.6 Å². The van der Waals surface area contributed by atoms with Crippen LogP contribution in [0.5, 0.6) is 0 Å². The van der Waals surface area contributed by atoms with Crippen molar-refractivity contribution in [2.45, 2.75) is 12.5 Å². The molecule has 0 aromatic carbocycles. The van der Waals surface area contributed by atoms with Crippen molar-refractivity contribution in [2.75, 3.05) is 25.7 Å². The first-order valence-corrected chi connectivity index (χ1v) is 7.65. The van der Waals surface area contributed by atoms with Crippen molar-refractivity contribution in [2.24, 2.45) is 0 Å². The van der Waals surface area contributed by atoms with Gasteiger partial charge in [0, 0.05) is 0 Å². The Kier molecular flexibility index (Phi) is 7.38. The lowest BCUT2D eigenvalue weighted by Crippen LogP contribution is -2.46. The molecule has 1 atom stereocenters. The van der Waals surface area contributed by atoms with Gasteiger partial charge in [-0.15, -0.1) is 0 Å². The van der Waals surface area contributed by atoms with Crippen LogP contribution in [0.4, 0.5) is 0 Å². The number of methoxy groups -OCH3 is 1. The Hall–Kier alpha value is -1.96. The molecule has 2 amide bonds. The van der Waals surface area contributed by atoms with Crippen molar-refractivity contribution in [1.82, 2.24) is 10.6 Å². The van der Waals surface area contributed by atoms with Crippen molar-refractivity contribution in [1.29, 1.82) is 0 Å². The zero-order valence-corrected chi connectivity index (χ0v) is 12.7. The van der Waals surface area contributed by atoms with Crippen LogP contribution in [0.15, 0.2) is 22.8 Å². The third-order valence-electron chi connectivity index (χ3n) is 2.59. The Labute approximate surface area is 126 Å². The number of carbonyl (C=O) groups excluding carboxylic acids is 3. The van der Waals surface area contributed by atoms with Crippen LogP contribution in [0.3, 0.4) is 0 Å². The molecule has 116 valence electrons. The van der Waals surface area contributed by atoms with Gasteiger partial charge in [0.1, 0.15) is 6.04 Å². The summed E-state index contributed by atoms with van der Waals surface area (Å²) in [5.41, 5.74) is 0. The minimum Gasteiger partial charge on any atom is -0.467 e. The molecule has 8 heteroatoms. The molecule has 0 unspecified atom stereocenters. The van der Waals surface area contributed by atoms with Crippen molar-refractivity contribution in [3.8, 4) is 0 Å². The minimum atomic E-state index is -0.713. The first kappa shape index (κ1) is 17.1. The van der Waals surface area contributed by atoms with E-state index in [0.29, 0.717) is 12.2 Å². The van der Waals surface area contributed by atoms with Gasteiger partial charge in [0.25, 0.3) is 5.91 Å². The topological polar surface area (TPSA) is 97.6 Å². The number of furan rings is 1. The summed E-state index contributed by atoms with van der Waals surface area (Å²) in [6, 6.07) is 2.35. The molecule has 0 bridgehead atoms. The predicted octanol–water partition coefficient (Wildman–Crippen LogP) is 0.420. The highest BCUT2D eigenvalue weighted by Gasteiger charge is 2.21. The van der Waals surface area contributed by atoms with Crippen LogP contribution in [0.2, 0.25) is 0 Å². The first-order valence-electron chi connectivity index (χ1n) is 6.26. The Morgan fingerprint density at radius 3 is 2.76 bits per heavy atom. The molecule has 0 aliphatic carbocycles.